The summed E-state index contributed by atoms with van der Waals surface area (Å²) in [5.74, 6) is 0.722. The van der Waals surface area contributed by atoms with Gasteiger partial charge in [-0.05, 0) is 23.8 Å². The summed E-state index contributed by atoms with van der Waals surface area (Å²) in [4.78, 5) is 16.9. The van der Waals surface area contributed by atoms with Gasteiger partial charge in [0.25, 0.3) is 0 Å². The lowest BCUT2D eigenvalue weighted by atomic mass is 9.70. The van der Waals surface area contributed by atoms with Crippen LogP contribution in [0.15, 0.2) is 53.8 Å². The molecule has 0 saturated carbocycles. The summed E-state index contributed by atoms with van der Waals surface area (Å²) in [7, 11) is 0. The second-order valence-corrected chi connectivity index (χ2v) is 8.97. The molecule has 0 radical (unpaired) electrons. The van der Waals surface area contributed by atoms with Crippen molar-refractivity contribution in [3.63, 3.8) is 0 Å². The number of hydrogen-bond acceptors (Lipinski definition) is 4. The van der Waals surface area contributed by atoms with Gasteiger partial charge in [-0.25, -0.2) is 0 Å². The number of H-pyrrole nitrogens is 1. The molecule has 6 heteroatoms. The third kappa shape index (κ3) is 3.77. The zero-order valence-electron chi connectivity index (χ0n) is 17.8. The van der Waals surface area contributed by atoms with E-state index < -0.39 is 5.41 Å². The van der Waals surface area contributed by atoms with Crippen LogP contribution in [0, 0.1) is 11.3 Å². The number of nitriles is 1. The number of benzene rings is 1. The third-order valence-corrected chi connectivity index (χ3v) is 6.67. The van der Waals surface area contributed by atoms with Gasteiger partial charge in [-0.1, -0.05) is 48.5 Å². The average molecular weight is 481 g/mol. The van der Waals surface area contributed by atoms with E-state index in [2.05, 4.69) is 47.4 Å². The number of aromatic nitrogens is 1. The fourth-order valence-corrected chi connectivity index (χ4v) is 4.73. The van der Waals surface area contributed by atoms with E-state index in [1.165, 1.54) is 0 Å². The van der Waals surface area contributed by atoms with Crippen molar-refractivity contribution in [2.75, 3.05) is 18.5 Å². The van der Waals surface area contributed by atoms with Crippen molar-refractivity contribution in [3.05, 3.63) is 70.7 Å². The summed E-state index contributed by atoms with van der Waals surface area (Å²) in [6, 6.07) is 7.54. The number of rotatable bonds is 5. The van der Waals surface area contributed by atoms with Gasteiger partial charge in [0.05, 0.1) is 35.7 Å². The molecular weight excluding hydrogens is 456 g/mol. The highest BCUT2D eigenvalue weighted by molar-refractivity contribution is 9.09. The van der Waals surface area contributed by atoms with E-state index in [-0.39, 0.29) is 11.9 Å². The van der Waals surface area contributed by atoms with Gasteiger partial charge in [-0.3, -0.25) is 4.79 Å². The Labute approximate surface area is 190 Å². The van der Waals surface area contributed by atoms with Gasteiger partial charge in [-0.15, -0.1) is 0 Å². The summed E-state index contributed by atoms with van der Waals surface area (Å²) < 4.78 is 11.7. The fourth-order valence-electron chi connectivity index (χ4n) is 4.43. The number of halogens is 1. The minimum atomic E-state index is -0.481. The van der Waals surface area contributed by atoms with E-state index in [4.69, 9.17) is 9.47 Å². The molecule has 160 valence electrons. The third-order valence-electron chi connectivity index (χ3n) is 6.12. The SMILES string of the molecule is C=CC1=C(/C=C(\CBr)OC2CCOCC2)C(C)(C)c2[nH]c3cc(C#N)ccc3c2C1=O. The lowest BCUT2D eigenvalue weighted by Crippen LogP contribution is -2.30. The molecule has 1 aromatic heterocycles. The van der Waals surface area contributed by atoms with Crippen LogP contribution in [0.25, 0.3) is 10.9 Å². The Morgan fingerprint density at radius 1 is 1.42 bits per heavy atom. The first-order valence-electron chi connectivity index (χ1n) is 10.4. The van der Waals surface area contributed by atoms with Gasteiger partial charge in [0.2, 0.25) is 0 Å². The molecule has 2 aliphatic rings. The first-order chi connectivity index (χ1) is 14.9. The highest BCUT2D eigenvalue weighted by Crippen LogP contribution is 2.44. The fraction of sp³-hybridized carbons (Fsp3) is 0.360. The Kier molecular flexibility index (Phi) is 5.92. The normalized spacial score (nSPS) is 19.3. The molecule has 1 aromatic carbocycles. The first kappa shape index (κ1) is 21.6. The molecule has 1 saturated heterocycles. The summed E-state index contributed by atoms with van der Waals surface area (Å²) in [6.07, 6.45) is 5.44. The van der Waals surface area contributed by atoms with Crippen molar-refractivity contribution in [3.8, 4) is 6.07 Å². The summed E-state index contributed by atoms with van der Waals surface area (Å²) in [5, 5.41) is 10.6. The lowest BCUT2D eigenvalue weighted by Gasteiger charge is -2.33. The highest BCUT2D eigenvalue weighted by atomic mass is 79.9. The number of Topliss-reactive ketones (excluding diaryl/α,β-unsaturated/α-hetero) is 1. The monoisotopic (exact) mass is 480 g/mol. The molecule has 2 heterocycles. The Morgan fingerprint density at radius 3 is 2.81 bits per heavy atom. The maximum absolute atomic E-state index is 13.5. The smallest absolute Gasteiger partial charge is 0.195 e. The maximum atomic E-state index is 13.5. The molecule has 2 aromatic rings. The Balaban J connectivity index is 1.82. The summed E-state index contributed by atoms with van der Waals surface area (Å²) in [5.41, 5.74) is 3.82. The minimum Gasteiger partial charge on any atom is -0.494 e. The van der Waals surface area contributed by atoms with E-state index in [1.807, 2.05) is 12.1 Å². The van der Waals surface area contributed by atoms with Crippen LogP contribution in [0.5, 0.6) is 0 Å². The molecule has 0 spiro atoms. The average Bonchev–Trinajstić information content (AvgIpc) is 3.17. The molecular formula is C25H25BrN2O3. The number of ketones is 1. The number of fused-ring (bicyclic) bond motifs is 3. The summed E-state index contributed by atoms with van der Waals surface area (Å²) in [6.45, 7) is 9.52. The van der Waals surface area contributed by atoms with Gasteiger partial charge in [-0.2, -0.15) is 5.26 Å². The van der Waals surface area contributed by atoms with Crippen LogP contribution in [0.4, 0.5) is 0 Å². The van der Waals surface area contributed by atoms with Crippen molar-refractivity contribution < 1.29 is 14.3 Å². The quantitative estimate of drug-likeness (QED) is 0.454. The van der Waals surface area contributed by atoms with Crippen molar-refractivity contribution in [2.24, 2.45) is 0 Å². The minimum absolute atomic E-state index is 0.0634. The maximum Gasteiger partial charge on any atom is 0.195 e. The van der Waals surface area contributed by atoms with E-state index in [0.717, 1.165) is 40.8 Å². The zero-order chi connectivity index (χ0) is 22.2. The van der Waals surface area contributed by atoms with Gasteiger partial charge in [0.1, 0.15) is 11.9 Å². The van der Waals surface area contributed by atoms with Crippen molar-refractivity contribution >= 4 is 32.6 Å². The second kappa shape index (κ2) is 8.49. The predicted molar refractivity (Wildman–Crippen MR) is 124 cm³/mol. The summed E-state index contributed by atoms with van der Waals surface area (Å²) >= 11 is 3.54. The topological polar surface area (TPSA) is 75.1 Å². The Morgan fingerprint density at radius 2 is 2.16 bits per heavy atom. The van der Waals surface area contributed by atoms with Crippen LogP contribution in [0.2, 0.25) is 0 Å². The van der Waals surface area contributed by atoms with Crippen LogP contribution in [-0.2, 0) is 14.9 Å². The van der Waals surface area contributed by atoms with E-state index >= 15 is 0 Å². The molecule has 1 aliphatic heterocycles. The molecule has 0 bridgehead atoms. The number of aromatic amines is 1. The molecule has 1 N–H and O–H groups in total. The number of carbonyl (C=O) groups excluding carboxylic acids is 1. The Hall–Kier alpha value is -2.62. The number of nitrogens with zero attached hydrogens (tertiary/aromatic N) is 1. The van der Waals surface area contributed by atoms with Gasteiger partial charge in [0, 0.05) is 40.4 Å². The van der Waals surface area contributed by atoms with Gasteiger partial charge >= 0.3 is 0 Å². The van der Waals surface area contributed by atoms with Crippen LogP contribution in [0.3, 0.4) is 0 Å². The van der Waals surface area contributed by atoms with Crippen LogP contribution < -0.4 is 0 Å². The van der Waals surface area contributed by atoms with E-state index in [1.54, 1.807) is 18.2 Å². The molecule has 5 nitrogen and oxygen atoms in total. The number of ether oxygens (including phenoxy) is 2. The lowest BCUT2D eigenvalue weighted by molar-refractivity contribution is -0.00289. The number of hydrogen-bond donors (Lipinski definition) is 1. The van der Waals surface area contributed by atoms with Crippen molar-refractivity contribution in [1.29, 1.82) is 5.26 Å². The first-order valence-corrected chi connectivity index (χ1v) is 11.5. The number of alkyl halides is 1. The Bertz CT molecular complexity index is 1160. The van der Waals surface area contributed by atoms with Crippen molar-refractivity contribution in [2.45, 2.75) is 38.2 Å². The molecule has 1 aliphatic carbocycles. The number of allylic oxidation sites excluding steroid dienone is 5. The molecule has 4 rings (SSSR count). The molecule has 0 atom stereocenters. The number of nitrogens with one attached hydrogen (secondary N) is 1. The van der Waals surface area contributed by atoms with Crippen LogP contribution in [0.1, 0.15) is 48.3 Å². The largest absolute Gasteiger partial charge is 0.494 e. The highest BCUT2D eigenvalue weighted by Gasteiger charge is 2.40. The van der Waals surface area contributed by atoms with Crippen LogP contribution in [-0.4, -0.2) is 35.4 Å². The van der Waals surface area contributed by atoms with E-state index in [9.17, 15) is 10.1 Å². The van der Waals surface area contributed by atoms with Gasteiger partial charge in [0.15, 0.2) is 5.78 Å². The van der Waals surface area contributed by atoms with Gasteiger partial charge < -0.3 is 14.5 Å². The molecule has 31 heavy (non-hydrogen) atoms. The second-order valence-electron chi connectivity index (χ2n) is 8.41. The molecule has 1 fully saturated rings. The number of carbonyl (C=O) groups is 1. The zero-order valence-corrected chi connectivity index (χ0v) is 19.3. The van der Waals surface area contributed by atoms with Crippen LogP contribution >= 0.6 is 15.9 Å². The van der Waals surface area contributed by atoms with E-state index in [0.29, 0.717) is 35.2 Å². The molecule has 0 amide bonds. The van der Waals surface area contributed by atoms with Crippen molar-refractivity contribution in [1.82, 2.24) is 4.98 Å². The standard InChI is InChI=1S/C25H25BrN2O3/c1-4-18-20(12-17(13-26)31-16-7-9-30-10-8-16)25(2,3)24-22(23(18)29)19-6-5-15(14-27)11-21(19)28-24/h4-6,11-12,16,28H,1,7-10,13H2,2-3H3/b17-12+. The molecule has 0 unspecified atom stereocenters. The predicted octanol–water partition coefficient (Wildman–Crippen LogP) is 5.47.